The maximum Gasteiger partial charge on any atom is 0.0737 e. The van der Waals surface area contributed by atoms with Crippen LogP contribution in [0, 0.1) is 55.4 Å². The Balaban J connectivity index is 1.55. The van der Waals surface area contributed by atoms with E-state index >= 15 is 0 Å². The first-order valence-electron chi connectivity index (χ1n) is 19.5. The van der Waals surface area contributed by atoms with Crippen LogP contribution in [0.3, 0.4) is 0 Å². The lowest BCUT2D eigenvalue weighted by Gasteiger charge is -2.13. The number of aromatic amines is 2. The average Bonchev–Trinajstić information content (AvgIpc) is 4.00. The number of aryl methyl sites for hydroxylation is 8. The van der Waals surface area contributed by atoms with E-state index in [0.29, 0.717) is 0 Å². The number of benzene rings is 4. The van der Waals surface area contributed by atoms with Gasteiger partial charge in [-0.15, -0.1) is 0 Å². The normalized spacial score (nSPS) is 12.1. The molecule has 8 bridgehead atoms. The molecule has 2 N–H and O–H groups in total. The van der Waals surface area contributed by atoms with E-state index in [-0.39, 0.29) is 0 Å². The summed E-state index contributed by atoms with van der Waals surface area (Å²) in [5.41, 5.74) is 26.5. The molecule has 0 unspecified atom stereocenters. The fourth-order valence-corrected chi connectivity index (χ4v) is 9.09. The zero-order valence-corrected chi connectivity index (χ0v) is 33.4. The minimum atomic E-state index is 0.929. The van der Waals surface area contributed by atoms with Crippen LogP contribution in [0.4, 0.5) is 0 Å². The van der Waals surface area contributed by atoms with Gasteiger partial charge >= 0.3 is 0 Å². The number of nitrogens with zero attached hydrogens (tertiary/aromatic N) is 2. The Morgan fingerprint density at radius 2 is 0.464 bits per heavy atom. The van der Waals surface area contributed by atoms with Gasteiger partial charge in [-0.3, -0.25) is 0 Å². The van der Waals surface area contributed by atoms with Crippen LogP contribution in [0.1, 0.15) is 67.3 Å². The summed E-state index contributed by atoms with van der Waals surface area (Å²) in [6.45, 7) is 17.6. The maximum atomic E-state index is 5.57. The van der Waals surface area contributed by atoms with Gasteiger partial charge in [0.05, 0.1) is 22.8 Å². The van der Waals surface area contributed by atoms with Crippen LogP contribution in [0.15, 0.2) is 97.1 Å². The van der Waals surface area contributed by atoms with Crippen molar-refractivity contribution in [2.24, 2.45) is 0 Å². The Morgan fingerprint density at radius 3 is 0.661 bits per heavy atom. The number of nitrogens with one attached hydrogen (secondary N) is 2. The zero-order chi connectivity index (χ0) is 38.8. The molecule has 7 aromatic rings. The Morgan fingerprint density at radius 1 is 0.268 bits per heavy atom. The van der Waals surface area contributed by atoms with Gasteiger partial charge in [0, 0.05) is 44.3 Å². The van der Waals surface area contributed by atoms with E-state index in [2.05, 4.69) is 187 Å². The monoisotopic (exact) mass is 726 g/mol. The van der Waals surface area contributed by atoms with Gasteiger partial charge in [0.2, 0.25) is 0 Å². The summed E-state index contributed by atoms with van der Waals surface area (Å²) in [6, 6.07) is 35.0. The lowest BCUT2D eigenvalue weighted by atomic mass is 9.94. The smallest absolute Gasteiger partial charge is 0.0737 e. The molecule has 4 heteroatoms. The summed E-state index contributed by atoms with van der Waals surface area (Å²) >= 11 is 0. The van der Waals surface area contributed by atoms with Gasteiger partial charge in [0.1, 0.15) is 0 Å². The molecule has 0 saturated carbocycles. The zero-order valence-electron chi connectivity index (χ0n) is 33.4. The number of fused-ring (bicyclic) bond motifs is 8. The molecule has 0 aliphatic carbocycles. The number of H-pyrrole nitrogens is 2. The summed E-state index contributed by atoms with van der Waals surface area (Å²) in [6.07, 6.45) is 8.78. The van der Waals surface area contributed by atoms with Crippen molar-refractivity contribution in [1.29, 1.82) is 0 Å². The second-order valence-corrected chi connectivity index (χ2v) is 15.6. The number of aromatic nitrogens is 4. The largest absolute Gasteiger partial charge is 0.354 e. The molecule has 56 heavy (non-hydrogen) atoms. The Bertz CT molecular complexity index is 2520. The minimum absolute atomic E-state index is 0.929. The quantitative estimate of drug-likeness (QED) is 0.190. The Hall–Kier alpha value is -6.52. The van der Waals surface area contributed by atoms with E-state index in [0.717, 1.165) is 67.1 Å². The molecule has 9 rings (SSSR count). The van der Waals surface area contributed by atoms with E-state index in [1.165, 1.54) is 66.8 Å². The highest BCUT2D eigenvalue weighted by molar-refractivity contribution is 6.01. The molecule has 0 spiro atoms. The molecule has 3 aromatic heterocycles. The molecule has 0 atom stereocenters. The molecular formula is C52H46N4. The average molecular weight is 727 g/mol. The van der Waals surface area contributed by atoms with Gasteiger partial charge < -0.3 is 9.97 Å². The molecule has 0 saturated heterocycles. The fourth-order valence-electron chi connectivity index (χ4n) is 9.09. The second kappa shape index (κ2) is 13.6. The molecule has 0 radical (unpaired) electrons. The van der Waals surface area contributed by atoms with Crippen LogP contribution in [-0.2, 0) is 0 Å². The van der Waals surface area contributed by atoms with Gasteiger partial charge in [0.15, 0.2) is 0 Å². The minimum Gasteiger partial charge on any atom is -0.354 e. The van der Waals surface area contributed by atoms with Gasteiger partial charge in [0.25, 0.3) is 0 Å². The van der Waals surface area contributed by atoms with Crippen LogP contribution in [0.2, 0.25) is 0 Å². The number of hydrogen-bond donors (Lipinski definition) is 2. The Kier molecular flexibility index (Phi) is 8.58. The van der Waals surface area contributed by atoms with E-state index in [4.69, 9.17) is 9.97 Å². The molecule has 2 aliphatic heterocycles. The fraction of sp³-hybridized carbons (Fsp3) is 0.154. The van der Waals surface area contributed by atoms with Crippen molar-refractivity contribution in [3.05, 3.63) is 164 Å². The van der Waals surface area contributed by atoms with E-state index in [1.54, 1.807) is 0 Å². The SMILES string of the molecule is Cc1cccc(C)c1-c1c2nc(c(-c3c(C)cccc3C)c3ccc([nH]3)c(-c3c(C)cccc3C)c3nc(c(-c4c(C)cccc4C)c4ccc1[nH]4)C=C3)C=C2. The third-order valence-corrected chi connectivity index (χ3v) is 11.7. The van der Waals surface area contributed by atoms with Crippen LogP contribution in [0.5, 0.6) is 0 Å². The molecule has 274 valence electrons. The van der Waals surface area contributed by atoms with Crippen molar-refractivity contribution in [1.82, 2.24) is 19.9 Å². The predicted octanol–water partition coefficient (Wildman–Crippen LogP) is 13.8. The highest BCUT2D eigenvalue weighted by atomic mass is 14.8. The van der Waals surface area contributed by atoms with Crippen LogP contribution in [0.25, 0.3) is 90.9 Å². The molecule has 2 aliphatic rings. The Labute approximate surface area is 329 Å². The van der Waals surface area contributed by atoms with Crippen LogP contribution in [-0.4, -0.2) is 19.9 Å². The summed E-state index contributed by atoms with van der Waals surface area (Å²) in [7, 11) is 0. The molecule has 5 heterocycles. The highest BCUT2D eigenvalue weighted by Crippen LogP contribution is 2.42. The number of hydrogen-bond acceptors (Lipinski definition) is 2. The second-order valence-electron chi connectivity index (χ2n) is 15.6. The molecule has 0 amide bonds. The lowest BCUT2D eigenvalue weighted by molar-refractivity contribution is 1.28. The first-order valence-corrected chi connectivity index (χ1v) is 19.5. The summed E-state index contributed by atoms with van der Waals surface area (Å²) in [5.74, 6) is 0. The summed E-state index contributed by atoms with van der Waals surface area (Å²) < 4.78 is 0. The predicted molar refractivity (Wildman–Crippen MR) is 238 cm³/mol. The third-order valence-electron chi connectivity index (χ3n) is 11.7. The van der Waals surface area contributed by atoms with Crippen molar-refractivity contribution in [2.75, 3.05) is 0 Å². The molecular weight excluding hydrogens is 681 g/mol. The van der Waals surface area contributed by atoms with Crippen molar-refractivity contribution >= 4 is 46.4 Å². The third kappa shape index (κ3) is 5.76. The first-order chi connectivity index (χ1) is 27.1. The van der Waals surface area contributed by atoms with Crippen LogP contribution >= 0.6 is 0 Å². The van der Waals surface area contributed by atoms with Gasteiger partial charge in [-0.05, 0) is 171 Å². The topological polar surface area (TPSA) is 57.4 Å². The van der Waals surface area contributed by atoms with E-state index < -0.39 is 0 Å². The molecule has 4 aromatic carbocycles. The molecule has 4 nitrogen and oxygen atoms in total. The maximum absolute atomic E-state index is 5.57. The summed E-state index contributed by atoms with van der Waals surface area (Å²) in [5, 5.41) is 0. The summed E-state index contributed by atoms with van der Waals surface area (Å²) in [4.78, 5) is 19.0. The van der Waals surface area contributed by atoms with Crippen molar-refractivity contribution in [3.63, 3.8) is 0 Å². The van der Waals surface area contributed by atoms with Crippen molar-refractivity contribution in [3.8, 4) is 44.5 Å². The van der Waals surface area contributed by atoms with Gasteiger partial charge in [-0.25, -0.2) is 9.97 Å². The highest BCUT2D eigenvalue weighted by Gasteiger charge is 2.22. The van der Waals surface area contributed by atoms with Gasteiger partial charge in [-0.2, -0.15) is 0 Å². The van der Waals surface area contributed by atoms with E-state index in [1.807, 2.05) is 0 Å². The van der Waals surface area contributed by atoms with Gasteiger partial charge in [-0.1, -0.05) is 72.8 Å². The van der Waals surface area contributed by atoms with Crippen molar-refractivity contribution < 1.29 is 0 Å². The lowest BCUT2D eigenvalue weighted by Crippen LogP contribution is -1.95. The first kappa shape index (κ1) is 35.2. The molecule has 0 fully saturated rings. The van der Waals surface area contributed by atoms with Crippen LogP contribution < -0.4 is 0 Å². The standard InChI is InChI=1S/C52H46N4/c1-29-13-9-14-30(2)45(29)49-37-21-23-39(53-37)50(46-31(3)15-10-16-32(46)4)41-25-27-43(55-41)52(48-35(7)19-12-20-36(48)8)44-28-26-42(56-44)51(40-24-22-38(49)54-40)47-33(5)17-11-18-34(47)6/h9-28,53,56H,1-8H3. The van der Waals surface area contributed by atoms with E-state index in [9.17, 15) is 0 Å². The van der Waals surface area contributed by atoms with Crippen molar-refractivity contribution in [2.45, 2.75) is 55.4 Å². The number of rotatable bonds is 4.